The van der Waals surface area contributed by atoms with Crippen LogP contribution >= 0.6 is 11.6 Å². The van der Waals surface area contributed by atoms with Gasteiger partial charge in [0.05, 0.1) is 5.56 Å². The second-order valence-electron chi connectivity index (χ2n) is 2.17. The van der Waals surface area contributed by atoms with E-state index in [1.807, 2.05) is 12.1 Å². The van der Waals surface area contributed by atoms with Crippen LogP contribution in [-0.4, -0.2) is 0 Å². The van der Waals surface area contributed by atoms with Gasteiger partial charge in [0.1, 0.15) is 6.07 Å². The van der Waals surface area contributed by atoms with Crippen molar-refractivity contribution in [2.45, 2.75) is 5.88 Å². The van der Waals surface area contributed by atoms with Crippen molar-refractivity contribution in [1.82, 2.24) is 0 Å². The van der Waals surface area contributed by atoms with Crippen LogP contribution in [0.1, 0.15) is 11.1 Å². The smallest absolute Gasteiger partial charge is 0.101 e. The molecule has 0 amide bonds. The molecule has 1 rings (SSSR count). The van der Waals surface area contributed by atoms with E-state index >= 15 is 0 Å². The molecule has 0 radical (unpaired) electrons. The Kier molecular flexibility index (Phi) is 2.35. The Labute approximate surface area is 70.2 Å². The van der Waals surface area contributed by atoms with Gasteiger partial charge in [-0.25, -0.2) is 0 Å². The minimum Gasteiger partial charge on any atom is -0.398 e. The first kappa shape index (κ1) is 7.90. The molecular weight excluding hydrogens is 160 g/mol. The Morgan fingerprint density at radius 1 is 1.55 bits per heavy atom. The van der Waals surface area contributed by atoms with Crippen molar-refractivity contribution in [3.63, 3.8) is 0 Å². The molecule has 1 aromatic rings. The van der Waals surface area contributed by atoms with Crippen LogP contribution in [-0.2, 0) is 5.88 Å². The van der Waals surface area contributed by atoms with Crippen LogP contribution < -0.4 is 5.73 Å². The van der Waals surface area contributed by atoms with Crippen molar-refractivity contribution >= 4 is 17.3 Å². The number of halogens is 1. The highest BCUT2D eigenvalue weighted by atomic mass is 35.5. The Morgan fingerprint density at radius 2 is 2.27 bits per heavy atom. The molecule has 0 aromatic heterocycles. The summed E-state index contributed by atoms with van der Waals surface area (Å²) in [5.41, 5.74) is 7.39. The molecule has 0 bridgehead atoms. The minimum atomic E-state index is 0.412. The van der Waals surface area contributed by atoms with E-state index in [2.05, 4.69) is 0 Å². The van der Waals surface area contributed by atoms with Crippen LogP contribution in [0.3, 0.4) is 0 Å². The summed E-state index contributed by atoms with van der Waals surface area (Å²) in [5, 5.41) is 8.57. The van der Waals surface area contributed by atoms with Crippen molar-refractivity contribution in [3.05, 3.63) is 29.3 Å². The summed E-state index contributed by atoms with van der Waals surface area (Å²) in [5.74, 6) is 0.412. The van der Waals surface area contributed by atoms with E-state index in [0.29, 0.717) is 17.1 Å². The van der Waals surface area contributed by atoms with Crippen LogP contribution in [0, 0.1) is 11.3 Å². The van der Waals surface area contributed by atoms with Crippen LogP contribution in [0.25, 0.3) is 0 Å². The zero-order chi connectivity index (χ0) is 8.27. The molecule has 3 heteroatoms. The molecule has 2 N–H and O–H groups in total. The summed E-state index contributed by atoms with van der Waals surface area (Å²) in [6.07, 6.45) is 0. The zero-order valence-corrected chi connectivity index (χ0v) is 6.60. The molecule has 0 atom stereocenters. The van der Waals surface area contributed by atoms with Crippen molar-refractivity contribution in [3.8, 4) is 6.07 Å². The van der Waals surface area contributed by atoms with Gasteiger partial charge >= 0.3 is 0 Å². The number of benzene rings is 1. The van der Waals surface area contributed by atoms with Gasteiger partial charge in [-0.05, 0) is 17.7 Å². The monoisotopic (exact) mass is 166 g/mol. The minimum absolute atomic E-state index is 0.412. The van der Waals surface area contributed by atoms with Crippen LogP contribution in [0.5, 0.6) is 0 Å². The summed E-state index contributed by atoms with van der Waals surface area (Å²) in [6.45, 7) is 0. The number of nitrogen functional groups attached to an aromatic ring is 1. The third kappa shape index (κ3) is 1.63. The van der Waals surface area contributed by atoms with Crippen molar-refractivity contribution in [2.75, 3.05) is 5.73 Å². The van der Waals surface area contributed by atoms with Crippen molar-refractivity contribution in [1.29, 1.82) is 5.26 Å². The molecule has 56 valence electrons. The quantitative estimate of drug-likeness (QED) is 0.512. The Balaban J connectivity index is 3.15. The van der Waals surface area contributed by atoms with E-state index in [1.165, 1.54) is 0 Å². The summed E-state index contributed by atoms with van der Waals surface area (Å²) < 4.78 is 0. The van der Waals surface area contributed by atoms with Gasteiger partial charge in [-0.3, -0.25) is 0 Å². The van der Waals surface area contributed by atoms with E-state index in [1.54, 1.807) is 12.1 Å². The molecule has 0 saturated heterocycles. The largest absolute Gasteiger partial charge is 0.398 e. The van der Waals surface area contributed by atoms with Gasteiger partial charge in [0, 0.05) is 11.6 Å². The lowest BCUT2D eigenvalue weighted by Gasteiger charge is -1.98. The lowest BCUT2D eigenvalue weighted by molar-refractivity contribution is 1.38. The number of alkyl halides is 1. The topological polar surface area (TPSA) is 49.8 Å². The number of nitrogens with two attached hydrogens (primary N) is 1. The van der Waals surface area contributed by atoms with Gasteiger partial charge in [0.15, 0.2) is 0 Å². The number of anilines is 1. The summed E-state index contributed by atoms with van der Waals surface area (Å²) in [4.78, 5) is 0. The lowest BCUT2D eigenvalue weighted by Crippen LogP contribution is -1.90. The molecule has 1 aromatic carbocycles. The average molecular weight is 167 g/mol. The molecule has 0 heterocycles. The molecule has 2 nitrogen and oxygen atoms in total. The van der Waals surface area contributed by atoms with E-state index in [0.717, 1.165) is 5.56 Å². The van der Waals surface area contributed by atoms with Gasteiger partial charge in [-0.2, -0.15) is 5.26 Å². The average Bonchev–Trinajstić information content (AvgIpc) is 2.05. The highest BCUT2D eigenvalue weighted by molar-refractivity contribution is 6.17. The normalized spacial score (nSPS) is 9.09. The van der Waals surface area contributed by atoms with Crippen LogP contribution in [0.15, 0.2) is 18.2 Å². The standard InChI is InChI=1S/C8H7ClN2/c9-4-6-1-2-8(11)7(3-6)5-10/h1-3H,4,11H2. The molecule has 0 aliphatic carbocycles. The summed E-state index contributed by atoms with van der Waals surface area (Å²) in [6, 6.07) is 7.18. The molecule has 0 saturated carbocycles. The molecule has 0 spiro atoms. The number of hydrogen-bond acceptors (Lipinski definition) is 2. The van der Waals surface area contributed by atoms with E-state index < -0.39 is 0 Å². The fourth-order valence-electron chi connectivity index (χ4n) is 0.783. The maximum Gasteiger partial charge on any atom is 0.101 e. The second kappa shape index (κ2) is 3.27. The van der Waals surface area contributed by atoms with Crippen molar-refractivity contribution in [2.24, 2.45) is 0 Å². The maximum absolute atomic E-state index is 8.57. The predicted molar refractivity (Wildman–Crippen MR) is 45.1 cm³/mol. The van der Waals surface area contributed by atoms with Gasteiger partial charge in [-0.1, -0.05) is 6.07 Å². The fraction of sp³-hybridized carbons (Fsp3) is 0.125. The Bertz CT molecular complexity index is 301. The van der Waals surface area contributed by atoms with Gasteiger partial charge < -0.3 is 5.73 Å². The fourth-order valence-corrected chi connectivity index (χ4v) is 0.950. The first-order chi connectivity index (χ1) is 5.27. The SMILES string of the molecule is N#Cc1cc(CCl)ccc1N. The third-order valence-corrected chi connectivity index (χ3v) is 1.70. The molecule has 0 fully saturated rings. The lowest BCUT2D eigenvalue weighted by atomic mass is 10.1. The molecule has 11 heavy (non-hydrogen) atoms. The first-order valence-electron chi connectivity index (χ1n) is 3.12. The predicted octanol–water partition coefficient (Wildman–Crippen LogP) is 1.88. The Morgan fingerprint density at radius 3 is 2.82 bits per heavy atom. The number of nitriles is 1. The highest BCUT2D eigenvalue weighted by Crippen LogP contribution is 2.13. The van der Waals surface area contributed by atoms with Gasteiger partial charge in [0.25, 0.3) is 0 Å². The zero-order valence-electron chi connectivity index (χ0n) is 5.84. The number of rotatable bonds is 1. The highest BCUT2D eigenvalue weighted by Gasteiger charge is 1.97. The third-order valence-electron chi connectivity index (χ3n) is 1.39. The van der Waals surface area contributed by atoms with E-state index in [4.69, 9.17) is 22.6 Å². The van der Waals surface area contributed by atoms with Crippen LogP contribution in [0.4, 0.5) is 5.69 Å². The summed E-state index contributed by atoms with van der Waals surface area (Å²) >= 11 is 5.56. The van der Waals surface area contributed by atoms with Crippen LogP contribution in [0.2, 0.25) is 0 Å². The van der Waals surface area contributed by atoms with E-state index in [-0.39, 0.29) is 0 Å². The first-order valence-corrected chi connectivity index (χ1v) is 3.66. The van der Waals surface area contributed by atoms with Crippen molar-refractivity contribution < 1.29 is 0 Å². The van der Waals surface area contributed by atoms with Gasteiger partial charge in [0.2, 0.25) is 0 Å². The van der Waals surface area contributed by atoms with Gasteiger partial charge in [-0.15, -0.1) is 11.6 Å². The maximum atomic E-state index is 8.57. The summed E-state index contributed by atoms with van der Waals surface area (Å²) in [7, 11) is 0. The Hall–Kier alpha value is -1.20. The molecule has 0 unspecified atom stereocenters. The molecular formula is C8H7ClN2. The number of nitrogens with zero attached hydrogens (tertiary/aromatic N) is 1. The van der Waals surface area contributed by atoms with E-state index in [9.17, 15) is 0 Å². The molecule has 0 aliphatic rings. The number of hydrogen-bond donors (Lipinski definition) is 1. The molecule has 0 aliphatic heterocycles. The second-order valence-corrected chi connectivity index (χ2v) is 2.43.